The van der Waals surface area contributed by atoms with E-state index >= 15 is 0 Å². The van der Waals surface area contributed by atoms with Gasteiger partial charge in [-0.15, -0.1) is 0 Å². The number of ketones is 1. The number of carbonyl (C=O) groups is 1. The highest BCUT2D eigenvalue weighted by molar-refractivity contribution is 5.86. The highest BCUT2D eigenvalue weighted by Crippen LogP contribution is 2.71. The lowest BCUT2D eigenvalue weighted by Gasteiger charge is -2.59. The van der Waals surface area contributed by atoms with Crippen LogP contribution < -0.4 is 0 Å². The number of fused-ring (bicyclic) bond motifs is 5. The van der Waals surface area contributed by atoms with Gasteiger partial charge in [0.1, 0.15) is 11.4 Å². The third kappa shape index (κ3) is 3.53. The van der Waals surface area contributed by atoms with Crippen LogP contribution in [0.2, 0.25) is 0 Å². The van der Waals surface area contributed by atoms with Crippen molar-refractivity contribution in [1.29, 1.82) is 0 Å². The molecule has 0 saturated heterocycles. The molecule has 0 aromatic rings. The minimum atomic E-state index is -1.44. The summed E-state index contributed by atoms with van der Waals surface area (Å²) in [5, 5.41) is 30.0. The molecule has 2 fully saturated rings. The molecule has 0 heterocycles. The van der Waals surface area contributed by atoms with Gasteiger partial charge in [-0.25, -0.2) is 0 Å². The molecule has 2 saturated carbocycles. The van der Waals surface area contributed by atoms with Gasteiger partial charge in [0.2, 0.25) is 0 Å². The van der Waals surface area contributed by atoms with Gasteiger partial charge in [-0.3, -0.25) is 4.79 Å². The Morgan fingerprint density at radius 3 is 2.41 bits per heavy atom. The van der Waals surface area contributed by atoms with E-state index in [-0.39, 0.29) is 21.7 Å². The van der Waals surface area contributed by atoms with Crippen LogP contribution in [0.3, 0.4) is 0 Å². The molecule has 192 valence electrons. The lowest BCUT2D eigenvalue weighted by molar-refractivity contribution is -0.138. The molecular weight excluding hydrogens is 424 g/mol. The first-order chi connectivity index (χ1) is 15.6. The number of rotatable bonds is 6. The molecule has 3 unspecified atom stereocenters. The molecule has 0 aromatic carbocycles. The van der Waals surface area contributed by atoms with Crippen LogP contribution in [-0.4, -0.2) is 39.4 Å². The predicted octanol–water partition coefficient (Wildman–Crippen LogP) is 5.60. The number of aliphatic hydroxyl groups excluding tert-OH is 2. The average molecular weight is 473 g/mol. The Morgan fingerprint density at radius 1 is 1.09 bits per heavy atom. The maximum Gasteiger partial charge on any atom is 0.138 e. The molecule has 4 rings (SSSR count). The molecule has 4 nitrogen and oxygen atoms in total. The molecule has 8 atom stereocenters. The maximum atomic E-state index is 12.8. The van der Waals surface area contributed by atoms with E-state index in [1.54, 1.807) is 5.57 Å². The van der Waals surface area contributed by atoms with E-state index in [1.807, 2.05) is 0 Å². The monoisotopic (exact) mass is 472 g/mol. The zero-order valence-corrected chi connectivity index (χ0v) is 22.6. The Bertz CT molecular complexity index is 897. The van der Waals surface area contributed by atoms with Crippen LogP contribution in [0.15, 0.2) is 23.3 Å². The summed E-state index contributed by atoms with van der Waals surface area (Å²) in [7, 11) is 0. The van der Waals surface area contributed by atoms with Crippen molar-refractivity contribution in [2.24, 2.45) is 39.4 Å². The third-order valence-electron chi connectivity index (χ3n) is 11.7. The molecular formula is C30H48O4. The van der Waals surface area contributed by atoms with E-state index in [4.69, 9.17) is 0 Å². The van der Waals surface area contributed by atoms with Crippen LogP contribution in [0.5, 0.6) is 0 Å². The lowest BCUT2D eigenvalue weighted by Crippen LogP contribution is -2.53. The van der Waals surface area contributed by atoms with Crippen LogP contribution in [0.25, 0.3) is 0 Å². The first-order valence-corrected chi connectivity index (χ1v) is 13.6. The second-order valence-corrected chi connectivity index (χ2v) is 13.8. The van der Waals surface area contributed by atoms with Gasteiger partial charge in [0.15, 0.2) is 0 Å². The largest absolute Gasteiger partial charge is 0.393 e. The summed E-state index contributed by atoms with van der Waals surface area (Å²) in [6.45, 7) is 15.1. The Kier molecular flexibility index (Phi) is 6.36. The average Bonchev–Trinajstić information content (AvgIpc) is 3.06. The molecule has 4 aliphatic rings. The van der Waals surface area contributed by atoms with Crippen molar-refractivity contribution < 1.29 is 20.1 Å². The molecule has 0 spiro atoms. The summed E-state index contributed by atoms with van der Waals surface area (Å²) in [6.07, 6.45) is 11.6. The second kappa shape index (κ2) is 8.28. The minimum absolute atomic E-state index is 0.0789. The summed E-state index contributed by atoms with van der Waals surface area (Å²) in [5.41, 5.74) is 1.76. The molecule has 0 aliphatic heterocycles. The Balaban J connectivity index is 1.60. The molecule has 3 N–H and O–H groups in total. The molecule has 0 bridgehead atoms. The number of allylic oxidation sites excluding steroid dienone is 4. The molecule has 4 aliphatic carbocycles. The standard InChI is InChI=1S/C30H48O4/c1-19(8-11-25(33)30(7,34)18-31)20-12-16-29(6)22-9-10-23-26(2,3)24(32)14-15-27(23,4)21(22)13-17-28(20,29)5/h9,13,19-20,23,25,31,33-34H,8,10-12,14-18H2,1-7H3/t19?,20?,23-,25?,27+,28+,29-,30+/m0/s1. The summed E-state index contributed by atoms with van der Waals surface area (Å²) in [4.78, 5) is 12.8. The molecule has 0 amide bonds. The van der Waals surface area contributed by atoms with Crippen molar-refractivity contribution >= 4 is 5.78 Å². The molecule has 0 radical (unpaired) electrons. The van der Waals surface area contributed by atoms with Gasteiger partial charge >= 0.3 is 0 Å². The summed E-state index contributed by atoms with van der Waals surface area (Å²) < 4.78 is 0. The SMILES string of the molecule is CC(CCC(O)[C@](C)(O)CO)C1CC[C@@]2(C)C3=CC[C@H]4C(C)(C)C(=O)CC[C@]4(C)C3=CC[C@]12C. The summed E-state index contributed by atoms with van der Waals surface area (Å²) in [6, 6.07) is 0. The highest BCUT2D eigenvalue weighted by atomic mass is 16.4. The molecule has 0 aromatic heterocycles. The van der Waals surface area contributed by atoms with Crippen LogP contribution in [0.4, 0.5) is 0 Å². The van der Waals surface area contributed by atoms with Crippen LogP contribution in [-0.2, 0) is 4.79 Å². The van der Waals surface area contributed by atoms with Crippen molar-refractivity contribution in [1.82, 2.24) is 0 Å². The van der Waals surface area contributed by atoms with Gasteiger partial charge < -0.3 is 15.3 Å². The first kappa shape index (κ1) is 26.1. The normalized spacial score (nSPS) is 42.5. The van der Waals surface area contributed by atoms with Gasteiger partial charge in [0.25, 0.3) is 0 Å². The number of carbonyl (C=O) groups excluding carboxylic acids is 1. The Labute approximate surface area is 206 Å². The van der Waals surface area contributed by atoms with Gasteiger partial charge in [-0.1, -0.05) is 53.7 Å². The highest BCUT2D eigenvalue weighted by Gasteiger charge is 2.63. The van der Waals surface area contributed by atoms with E-state index in [2.05, 4.69) is 53.7 Å². The van der Waals surface area contributed by atoms with E-state index in [0.717, 1.165) is 25.7 Å². The van der Waals surface area contributed by atoms with Crippen molar-refractivity contribution in [3.63, 3.8) is 0 Å². The number of hydrogen-bond donors (Lipinski definition) is 3. The van der Waals surface area contributed by atoms with Crippen molar-refractivity contribution in [2.45, 2.75) is 112 Å². The topological polar surface area (TPSA) is 77.8 Å². The number of aliphatic hydroxyl groups is 3. The fraction of sp³-hybridized carbons (Fsp3) is 0.833. The smallest absolute Gasteiger partial charge is 0.138 e. The number of Topliss-reactive ketones (excluding diaryl/α,β-unsaturated/α-hetero) is 1. The summed E-state index contributed by atoms with van der Waals surface area (Å²) in [5.74, 6) is 1.79. The van der Waals surface area contributed by atoms with E-state index in [0.29, 0.717) is 36.4 Å². The summed E-state index contributed by atoms with van der Waals surface area (Å²) >= 11 is 0. The molecule has 4 heteroatoms. The quantitative estimate of drug-likeness (QED) is 0.470. The predicted molar refractivity (Wildman–Crippen MR) is 136 cm³/mol. The second-order valence-electron chi connectivity index (χ2n) is 13.8. The van der Waals surface area contributed by atoms with Gasteiger partial charge in [-0.05, 0) is 97.0 Å². The van der Waals surface area contributed by atoms with Crippen LogP contribution >= 0.6 is 0 Å². The minimum Gasteiger partial charge on any atom is -0.393 e. The van der Waals surface area contributed by atoms with Crippen LogP contribution in [0, 0.1) is 39.4 Å². The van der Waals surface area contributed by atoms with Gasteiger partial charge in [-0.2, -0.15) is 0 Å². The number of hydrogen-bond acceptors (Lipinski definition) is 4. The van der Waals surface area contributed by atoms with Gasteiger partial charge in [0.05, 0.1) is 12.7 Å². The lowest BCUT2D eigenvalue weighted by atomic mass is 9.44. The molecule has 34 heavy (non-hydrogen) atoms. The maximum absolute atomic E-state index is 12.8. The van der Waals surface area contributed by atoms with E-state index < -0.39 is 18.3 Å². The first-order valence-electron chi connectivity index (χ1n) is 13.6. The van der Waals surface area contributed by atoms with E-state index in [9.17, 15) is 20.1 Å². The van der Waals surface area contributed by atoms with Gasteiger partial charge in [0, 0.05) is 11.8 Å². The van der Waals surface area contributed by atoms with Crippen molar-refractivity contribution in [2.75, 3.05) is 6.61 Å². The third-order valence-corrected chi connectivity index (χ3v) is 11.7. The fourth-order valence-electron chi connectivity index (χ4n) is 8.80. The Morgan fingerprint density at radius 2 is 1.76 bits per heavy atom. The van der Waals surface area contributed by atoms with Crippen molar-refractivity contribution in [3.8, 4) is 0 Å². The zero-order chi connectivity index (χ0) is 25.3. The fourth-order valence-corrected chi connectivity index (χ4v) is 8.80. The van der Waals surface area contributed by atoms with Crippen LogP contribution in [0.1, 0.15) is 99.8 Å². The zero-order valence-electron chi connectivity index (χ0n) is 22.6. The van der Waals surface area contributed by atoms with Crippen molar-refractivity contribution in [3.05, 3.63) is 23.3 Å². The van der Waals surface area contributed by atoms with E-state index in [1.165, 1.54) is 25.3 Å². The Hall–Kier alpha value is -0.970.